The minimum Gasteiger partial charge on any atom is -0.303 e. The molecule has 6 heteroatoms. The molecule has 0 amide bonds. The zero-order valence-corrected chi connectivity index (χ0v) is 11.8. The van der Waals surface area contributed by atoms with Crippen molar-refractivity contribution in [3.63, 3.8) is 0 Å². The fourth-order valence-corrected chi connectivity index (χ4v) is 1.94. The Morgan fingerprint density at radius 3 is 2.65 bits per heavy atom. The lowest BCUT2D eigenvalue weighted by Gasteiger charge is -2.15. The Bertz CT molecular complexity index is 703. The fourth-order valence-electron chi connectivity index (χ4n) is 1.94. The van der Waals surface area contributed by atoms with Gasteiger partial charge in [0.2, 0.25) is 0 Å². The number of hydrogen-bond acceptors (Lipinski definition) is 4. The van der Waals surface area contributed by atoms with E-state index in [4.69, 9.17) is 0 Å². The number of rotatable bonds is 4. The maximum Gasteiger partial charge on any atom is 0.330 e. The molecule has 0 aliphatic carbocycles. The third-order valence-corrected chi connectivity index (χ3v) is 3.35. The van der Waals surface area contributed by atoms with Gasteiger partial charge in [0.05, 0.1) is 5.69 Å². The first-order valence-corrected chi connectivity index (χ1v) is 6.41. The lowest BCUT2D eigenvalue weighted by Crippen LogP contribution is -2.39. The molecule has 0 unspecified atom stereocenters. The number of nitrogens with one attached hydrogen (secondary N) is 1. The van der Waals surface area contributed by atoms with Crippen molar-refractivity contribution in [1.82, 2.24) is 19.4 Å². The van der Waals surface area contributed by atoms with E-state index in [0.717, 1.165) is 10.3 Å². The van der Waals surface area contributed by atoms with Gasteiger partial charge in [-0.3, -0.25) is 18.9 Å². The third kappa shape index (κ3) is 2.85. The summed E-state index contributed by atoms with van der Waals surface area (Å²) in [6.45, 7) is 2.42. The lowest BCUT2D eigenvalue weighted by atomic mass is 10.2. The molecule has 2 heterocycles. The molecule has 0 fully saturated rings. The first kappa shape index (κ1) is 14.2. The molecule has 0 aromatic carbocycles. The normalized spacial score (nSPS) is 12.3. The van der Waals surface area contributed by atoms with Gasteiger partial charge in [-0.15, -0.1) is 0 Å². The third-order valence-electron chi connectivity index (χ3n) is 3.35. The van der Waals surface area contributed by atoms with E-state index in [0.29, 0.717) is 12.2 Å². The van der Waals surface area contributed by atoms with Crippen LogP contribution in [0.5, 0.6) is 0 Å². The summed E-state index contributed by atoms with van der Waals surface area (Å²) >= 11 is 0. The van der Waals surface area contributed by atoms with E-state index in [1.807, 2.05) is 25.1 Å². The second kappa shape index (κ2) is 5.83. The van der Waals surface area contributed by atoms with Crippen LogP contribution in [0.1, 0.15) is 24.4 Å². The predicted octanol–water partition coefficient (Wildman–Crippen LogP) is 0.330. The molecular weight excluding hydrogens is 256 g/mol. The predicted molar refractivity (Wildman–Crippen MR) is 76.4 cm³/mol. The van der Waals surface area contributed by atoms with E-state index in [9.17, 15) is 9.59 Å². The van der Waals surface area contributed by atoms with Crippen LogP contribution < -0.4 is 16.6 Å². The zero-order chi connectivity index (χ0) is 14.7. The molecule has 2 aromatic rings. The summed E-state index contributed by atoms with van der Waals surface area (Å²) in [7, 11) is 3.13. The van der Waals surface area contributed by atoms with E-state index < -0.39 is 0 Å². The molecule has 1 atom stereocenters. The molecule has 0 bridgehead atoms. The van der Waals surface area contributed by atoms with Crippen molar-refractivity contribution in [1.29, 1.82) is 0 Å². The van der Waals surface area contributed by atoms with Crippen LogP contribution in [0.3, 0.4) is 0 Å². The highest BCUT2D eigenvalue weighted by atomic mass is 16.2. The van der Waals surface area contributed by atoms with Crippen LogP contribution in [-0.4, -0.2) is 14.1 Å². The van der Waals surface area contributed by atoms with Gasteiger partial charge in [-0.2, -0.15) is 0 Å². The molecule has 20 heavy (non-hydrogen) atoms. The highest BCUT2D eigenvalue weighted by Gasteiger charge is 2.09. The smallest absolute Gasteiger partial charge is 0.303 e. The Hall–Kier alpha value is -2.21. The quantitative estimate of drug-likeness (QED) is 0.872. The Morgan fingerprint density at radius 1 is 1.25 bits per heavy atom. The summed E-state index contributed by atoms with van der Waals surface area (Å²) in [6.07, 6.45) is 1.74. The van der Waals surface area contributed by atoms with Gasteiger partial charge >= 0.3 is 5.69 Å². The van der Waals surface area contributed by atoms with Crippen LogP contribution in [0.2, 0.25) is 0 Å². The largest absolute Gasteiger partial charge is 0.330 e. The summed E-state index contributed by atoms with van der Waals surface area (Å²) in [6, 6.07) is 7.23. The number of aromatic nitrogens is 3. The number of hydrogen-bond donors (Lipinski definition) is 1. The van der Waals surface area contributed by atoms with Crippen molar-refractivity contribution in [3.05, 3.63) is 62.7 Å². The monoisotopic (exact) mass is 274 g/mol. The van der Waals surface area contributed by atoms with E-state index in [-0.39, 0.29) is 17.3 Å². The summed E-state index contributed by atoms with van der Waals surface area (Å²) < 4.78 is 2.56. The SMILES string of the molecule is C[C@@H](NCc1cc(=O)n(C)c(=O)n1C)c1ccccn1. The van der Waals surface area contributed by atoms with Crippen LogP contribution >= 0.6 is 0 Å². The van der Waals surface area contributed by atoms with Crippen molar-refractivity contribution < 1.29 is 0 Å². The topological polar surface area (TPSA) is 68.9 Å². The number of nitrogens with zero attached hydrogens (tertiary/aromatic N) is 3. The second-order valence-corrected chi connectivity index (χ2v) is 4.73. The van der Waals surface area contributed by atoms with Crippen molar-refractivity contribution in [2.45, 2.75) is 19.5 Å². The van der Waals surface area contributed by atoms with Crippen molar-refractivity contribution >= 4 is 0 Å². The van der Waals surface area contributed by atoms with Crippen molar-refractivity contribution in [2.24, 2.45) is 14.1 Å². The van der Waals surface area contributed by atoms with Gasteiger partial charge in [0, 0.05) is 44.6 Å². The molecule has 0 saturated heterocycles. The van der Waals surface area contributed by atoms with Gasteiger partial charge < -0.3 is 5.32 Å². The molecule has 1 N–H and O–H groups in total. The maximum atomic E-state index is 11.8. The van der Waals surface area contributed by atoms with E-state index in [1.165, 1.54) is 17.7 Å². The van der Waals surface area contributed by atoms with Crippen LogP contribution in [0.15, 0.2) is 40.1 Å². The van der Waals surface area contributed by atoms with Gasteiger partial charge in [-0.25, -0.2) is 4.79 Å². The van der Waals surface area contributed by atoms with Crippen molar-refractivity contribution in [2.75, 3.05) is 0 Å². The average molecular weight is 274 g/mol. The first-order chi connectivity index (χ1) is 9.50. The summed E-state index contributed by atoms with van der Waals surface area (Å²) in [5.41, 5.74) is 0.956. The van der Waals surface area contributed by atoms with Gasteiger partial charge in [0.1, 0.15) is 0 Å². The molecule has 0 radical (unpaired) electrons. The first-order valence-electron chi connectivity index (χ1n) is 6.41. The Balaban J connectivity index is 2.16. The molecule has 0 spiro atoms. The molecule has 0 aliphatic rings. The fraction of sp³-hybridized carbons (Fsp3) is 0.357. The Morgan fingerprint density at radius 2 is 2.00 bits per heavy atom. The minimum atomic E-state index is -0.320. The van der Waals surface area contributed by atoms with Gasteiger partial charge in [0.25, 0.3) is 5.56 Å². The molecule has 0 saturated carbocycles. The average Bonchev–Trinajstić information content (AvgIpc) is 2.48. The summed E-state index contributed by atoms with van der Waals surface area (Å²) in [5.74, 6) is 0. The minimum absolute atomic E-state index is 0.0374. The standard InChI is InChI=1S/C14H18N4O2/c1-10(12-6-4-5-7-15-12)16-9-11-8-13(19)18(3)14(20)17(11)2/h4-8,10,16H,9H2,1-3H3/t10-/m1/s1. The van der Waals surface area contributed by atoms with Crippen LogP contribution in [0.4, 0.5) is 0 Å². The summed E-state index contributed by atoms with van der Waals surface area (Å²) in [4.78, 5) is 27.7. The van der Waals surface area contributed by atoms with Crippen LogP contribution in [0, 0.1) is 0 Å². The number of pyridine rings is 1. The molecular formula is C14H18N4O2. The Kier molecular flexibility index (Phi) is 4.14. The lowest BCUT2D eigenvalue weighted by molar-refractivity contribution is 0.531. The zero-order valence-electron chi connectivity index (χ0n) is 11.8. The molecule has 2 rings (SSSR count). The van der Waals surface area contributed by atoms with E-state index in [2.05, 4.69) is 10.3 Å². The highest BCUT2D eigenvalue weighted by Crippen LogP contribution is 2.08. The molecule has 106 valence electrons. The van der Waals surface area contributed by atoms with Crippen LogP contribution in [0.25, 0.3) is 0 Å². The second-order valence-electron chi connectivity index (χ2n) is 4.73. The Labute approximate surface area is 116 Å². The van der Waals surface area contributed by atoms with Gasteiger partial charge in [0.15, 0.2) is 0 Å². The van der Waals surface area contributed by atoms with Crippen LogP contribution in [-0.2, 0) is 20.6 Å². The summed E-state index contributed by atoms with van der Waals surface area (Å²) in [5, 5.41) is 3.26. The molecule has 2 aromatic heterocycles. The van der Waals surface area contributed by atoms with E-state index >= 15 is 0 Å². The van der Waals surface area contributed by atoms with Crippen molar-refractivity contribution in [3.8, 4) is 0 Å². The molecule has 0 aliphatic heterocycles. The highest BCUT2D eigenvalue weighted by molar-refractivity contribution is 5.09. The van der Waals surface area contributed by atoms with E-state index in [1.54, 1.807) is 13.2 Å². The molecule has 6 nitrogen and oxygen atoms in total. The maximum absolute atomic E-state index is 11.8. The van der Waals surface area contributed by atoms with Gasteiger partial charge in [-0.1, -0.05) is 6.07 Å². The van der Waals surface area contributed by atoms with Gasteiger partial charge in [-0.05, 0) is 19.1 Å².